The van der Waals surface area contributed by atoms with Gasteiger partial charge in [0.1, 0.15) is 0 Å². The molecule has 3 nitrogen and oxygen atoms in total. The van der Waals surface area contributed by atoms with Crippen molar-refractivity contribution in [3.8, 4) is 6.07 Å². The van der Waals surface area contributed by atoms with Crippen molar-refractivity contribution in [2.45, 2.75) is 17.6 Å². The molecule has 0 aromatic heterocycles. The molecule has 0 aliphatic carbocycles. The second-order valence-corrected chi connectivity index (χ2v) is 6.20. The minimum absolute atomic E-state index is 0.139. The molecule has 0 radical (unpaired) electrons. The van der Waals surface area contributed by atoms with Gasteiger partial charge in [0.2, 0.25) is 0 Å². The predicted octanol–water partition coefficient (Wildman–Crippen LogP) is 3.93. The van der Waals surface area contributed by atoms with Crippen LogP contribution in [-0.2, 0) is 23.5 Å². The Morgan fingerprint density at radius 3 is 2.35 bits per heavy atom. The molecule has 120 valence electrons. The van der Waals surface area contributed by atoms with Crippen molar-refractivity contribution in [2.75, 3.05) is 11.6 Å². The van der Waals surface area contributed by atoms with E-state index < -0.39 is 22.5 Å². The first-order valence-electron chi connectivity index (χ1n) is 6.59. The maximum atomic E-state index is 13.0. The Morgan fingerprint density at radius 2 is 1.83 bits per heavy atom. The number of benzene rings is 2. The zero-order valence-corrected chi connectivity index (χ0v) is 13.0. The second-order valence-electron chi connectivity index (χ2n) is 4.82. The van der Waals surface area contributed by atoms with Crippen molar-refractivity contribution in [3.63, 3.8) is 0 Å². The number of nitrogens with one attached hydrogen (secondary N) is 1. The Labute approximate surface area is 134 Å². The van der Waals surface area contributed by atoms with Crippen molar-refractivity contribution in [2.24, 2.45) is 0 Å². The van der Waals surface area contributed by atoms with Gasteiger partial charge in [-0.2, -0.15) is 18.4 Å². The van der Waals surface area contributed by atoms with E-state index in [-0.39, 0.29) is 17.8 Å². The van der Waals surface area contributed by atoms with Crippen LogP contribution in [0.5, 0.6) is 0 Å². The zero-order valence-electron chi connectivity index (χ0n) is 12.1. The number of alkyl halides is 3. The van der Waals surface area contributed by atoms with Crippen LogP contribution < -0.4 is 5.32 Å². The number of halogens is 3. The molecule has 0 unspecified atom stereocenters. The van der Waals surface area contributed by atoms with E-state index in [1.807, 2.05) is 6.07 Å². The number of nitrogens with zero attached hydrogens (tertiary/aromatic N) is 1. The summed E-state index contributed by atoms with van der Waals surface area (Å²) in [6, 6.07) is 11.8. The lowest BCUT2D eigenvalue weighted by Gasteiger charge is -2.15. The van der Waals surface area contributed by atoms with Gasteiger partial charge in [-0.15, -0.1) is 0 Å². The van der Waals surface area contributed by atoms with Crippen LogP contribution in [-0.4, -0.2) is 10.5 Å². The van der Waals surface area contributed by atoms with Gasteiger partial charge < -0.3 is 5.32 Å². The second kappa shape index (κ2) is 6.84. The number of hydrogen-bond acceptors (Lipinski definition) is 3. The SMILES string of the molecule is C[S@](=O)c1ccc(CNc2cc(C#N)ccc2C(F)(F)F)cc1. The van der Waals surface area contributed by atoms with Gasteiger partial charge in [0.15, 0.2) is 0 Å². The molecule has 0 heterocycles. The van der Waals surface area contributed by atoms with Crippen LogP contribution >= 0.6 is 0 Å². The first kappa shape index (κ1) is 17.0. The quantitative estimate of drug-likeness (QED) is 0.919. The van der Waals surface area contributed by atoms with Crippen LogP contribution in [0, 0.1) is 11.3 Å². The molecular weight excluding hydrogens is 325 g/mol. The van der Waals surface area contributed by atoms with E-state index in [9.17, 15) is 17.4 Å². The largest absolute Gasteiger partial charge is 0.418 e. The predicted molar refractivity (Wildman–Crippen MR) is 82.3 cm³/mol. The molecule has 0 saturated heterocycles. The third-order valence-corrected chi connectivity index (χ3v) is 4.13. The average Bonchev–Trinajstić information content (AvgIpc) is 2.52. The van der Waals surface area contributed by atoms with E-state index in [4.69, 9.17) is 5.26 Å². The molecule has 1 atom stereocenters. The molecule has 0 spiro atoms. The van der Waals surface area contributed by atoms with Gasteiger partial charge in [-0.25, -0.2) is 0 Å². The van der Waals surface area contributed by atoms with E-state index in [2.05, 4.69) is 5.32 Å². The number of hydrogen-bond donors (Lipinski definition) is 1. The van der Waals surface area contributed by atoms with E-state index in [0.717, 1.165) is 17.7 Å². The molecule has 7 heteroatoms. The Hall–Kier alpha value is -2.33. The highest BCUT2D eigenvalue weighted by Gasteiger charge is 2.33. The number of nitriles is 1. The standard InChI is InChI=1S/C16H13F3N2OS/c1-23(22)13-5-2-11(3-6-13)10-21-15-8-12(9-20)4-7-14(15)16(17,18)19/h2-8,21H,10H2,1H3/t23-/m0/s1. The van der Waals surface area contributed by atoms with Crippen LogP contribution in [0.25, 0.3) is 0 Å². The highest BCUT2D eigenvalue weighted by Crippen LogP contribution is 2.35. The topological polar surface area (TPSA) is 52.9 Å². The lowest BCUT2D eigenvalue weighted by molar-refractivity contribution is -0.137. The first-order valence-corrected chi connectivity index (χ1v) is 8.14. The maximum Gasteiger partial charge on any atom is 0.418 e. The van der Waals surface area contributed by atoms with E-state index in [0.29, 0.717) is 4.90 Å². The fraction of sp³-hybridized carbons (Fsp3) is 0.188. The molecule has 0 fully saturated rings. The molecule has 0 aliphatic rings. The lowest BCUT2D eigenvalue weighted by atomic mass is 10.1. The van der Waals surface area contributed by atoms with Crippen molar-refractivity contribution in [1.29, 1.82) is 5.26 Å². The normalized spacial score (nSPS) is 12.5. The van der Waals surface area contributed by atoms with Gasteiger partial charge in [0, 0.05) is 34.2 Å². The van der Waals surface area contributed by atoms with Crippen LogP contribution in [0.3, 0.4) is 0 Å². The lowest BCUT2D eigenvalue weighted by Crippen LogP contribution is -2.11. The Bertz CT molecular complexity index is 764. The van der Waals surface area contributed by atoms with Gasteiger partial charge in [0.25, 0.3) is 0 Å². The third kappa shape index (κ3) is 4.33. The fourth-order valence-corrected chi connectivity index (χ4v) is 2.52. The van der Waals surface area contributed by atoms with Crippen LogP contribution in [0.4, 0.5) is 18.9 Å². The summed E-state index contributed by atoms with van der Waals surface area (Å²) in [5.74, 6) is 0. The van der Waals surface area contributed by atoms with E-state index in [1.54, 1.807) is 30.5 Å². The molecular formula is C16H13F3N2OS. The Balaban J connectivity index is 2.22. The zero-order chi connectivity index (χ0) is 17.0. The molecule has 0 aliphatic heterocycles. The molecule has 23 heavy (non-hydrogen) atoms. The smallest absolute Gasteiger partial charge is 0.380 e. The summed E-state index contributed by atoms with van der Waals surface area (Å²) >= 11 is 0. The van der Waals surface area contributed by atoms with Crippen molar-refractivity contribution in [3.05, 3.63) is 59.2 Å². The summed E-state index contributed by atoms with van der Waals surface area (Å²) in [7, 11) is -1.10. The molecule has 0 amide bonds. The molecule has 0 saturated carbocycles. The van der Waals surface area contributed by atoms with Crippen molar-refractivity contribution in [1.82, 2.24) is 0 Å². The maximum absolute atomic E-state index is 13.0. The number of rotatable bonds is 4. The highest BCUT2D eigenvalue weighted by atomic mass is 32.2. The molecule has 2 aromatic carbocycles. The van der Waals surface area contributed by atoms with Crippen LogP contribution in [0.1, 0.15) is 16.7 Å². The minimum atomic E-state index is -4.50. The first-order chi connectivity index (χ1) is 10.8. The van der Waals surface area contributed by atoms with E-state index >= 15 is 0 Å². The van der Waals surface area contributed by atoms with Gasteiger partial charge in [0.05, 0.1) is 17.2 Å². The minimum Gasteiger partial charge on any atom is -0.380 e. The molecule has 0 bridgehead atoms. The highest BCUT2D eigenvalue weighted by molar-refractivity contribution is 7.84. The monoisotopic (exact) mass is 338 g/mol. The summed E-state index contributed by atoms with van der Waals surface area (Å²) in [4.78, 5) is 0.649. The molecule has 1 N–H and O–H groups in total. The Morgan fingerprint density at radius 1 is 1.17 bits per heavy atom. The molecule has 2 aromatic rings. The summed E-state index contributed by atoms with van der Waals surface area (Å²) in [6.45, 7) is 0.161. The summed E-state index contributed by atoms with van der Waals surface area (Å²) in [6.07, 6.45) is -2.95. The summed E-state index contributed by atoms with van der Waals surface area (Å²) in [5, 5.41) is 11.5. The number of anilines is 1. The fourth-order valence-electron chi connectivity index (χ4n) is 2.00. The molecule has 2 rings (SSSR count). The van der Waals surface area contributed by atoms with Crippen molar-refractivity contribution < 1.29 is 17.4 Å². The van der Waals surface area contributed by atoms with Crippen LogP contribution in [0.2, 0.25) is 0 Å². The summed E-state index contributed by atoms with van der Waals surface area (Å²) in [5.41, 5.74) is -0.0608. The van der Waals surface area contributed by atoms with Gasteiger partial charge in [-0.05, 0) is 35.9 Å². The van der Waals surface area contributed by atoms with Crippen LogP contribution in [0.15, 0.2) is 47.4 Å². The summed E-state index contributed by atoms with van der Waals surface area (Å²) < 4.78 is 50.3. The van der Waals surface area contributed by atoms with Crippen molar-refractivity contribution >= 4 is 16.5 Å². The van der Waals surface area contributed by atoms with Gasteiger partial charge in [-0.3, -0.25) is 4.21 Å². The van der Waals surface area contributed by atoms with E-state index in [1.165, 1.54) is 6.07 Å². The Kier molecular flexibility index (Phi) is 5.06. The average molecular weight is 338 g/mol. The third-order valence-electron chi connectivity index (χ3n) is 3.19. The van der Waals surface area contributed by atoms with Gasteiger partial charge in [-0.1, -0.05) is 12.1 Å². The van der Waals surface area contributed by atoms with Gasteiger partial charge >= 0.3 is 6.18 Å².